The summed E-state index contributed by atoms with van der Waals surface area (Å²) in [5, 5.41) is -0.276. The maximum Gasteiger partial charge on any atom is 0.261 e. The largest absolute Gasteiger partial charge is 0.439 e. The number of benzene rings is 2. The van der Waals surface area contributed by atoms with Crippen LogP contribution in [0, 0.1) is 5.82 Å². The normalized spacial score (nSPS) is 11.3. The van der Waals surface area contributed by atoms with Gasteiger partial charge < -0.3 is 4.74 Å². The van der Waals surface area contributed by atoms with E-state index in [0.29, 0.717) is 23.1 Å². The molecule has 2 heterocycles. The predicted octanol–water partition coefficient (Wildman–Crippen LogP) is 4.05. The highest BCUT2D eigenvalue weighted by molar-refractivity contribution is 7.92. The van der Waals surface area contributed by atoms with Gasteiger partial charge in [-0.25, -0.2) is 27.8 Å². The van der Waals surface area contributed by atoms with Gasteiger partial charge in [0.15, 0.2) is 0 Å². The van der Waals surface area contributed by atoms with E-state index in [9.17, 15) is 12.8 Å². The number of hydrogen-bond acceptors (Lipinski definition) is 6. The first-order valence-electron chi connectivity index (χ1n) is 8.47. The van der Waals surface area contributed by atoms with Gasteiger partial charge in [-0.2, -0.15) is 0 Å². The summed E-state index contributed by atoms with van der Waals surface area (Å²) in [5.74, 6) is 0.638. The molecule has 4 aromatic rings. The van der Waals surface area contributed by atoms with Crippen LogP contribution in [0.1, 0.15) is 0 Å². The van der Waals surface area contributed by atoms with E-state index in [1.54, 1.807) is 41.5 Å². The van der Waals surface area contributed by atoms with E-state index in [4.69, 9.17) is 16.3 Å². The third-order valence-electron chi connectivity index (χ3n) is 3.93. The minimum atomic E-state index is -3.93. The molecule has 0 radical (unpaired) electrons. The monoisotopic (exact) mass is 445 g/mol. The predicted molar refractivity (Wildman–Crippen MR) is 108 cm³/mol. The second kappa shape index (κ2) is 8.09. The fourth-order valence-electron chi connectivity index (χ4n) is 2.49. The molecule has 0 aliphatic carbocycles. The molecule has 0 amide bonds. The molecule has 0 saturated carbocycles. The topological polar surface area (TPSA) is 99.0 Å². The first-order valence-corrected chi connectivity index (χ1v) is 10.3. The molecule has 0 saturated heterocycles. The number of imidazole rings is 1. The van der Waals surface area contributed by atoms with Gasteiger partial charge in [-0.15, -0.1) is 0 Å². The van der Waals surface area contributed by atoms with Crippen LogP contribution in [-0.2, 0) is 10.0 Å². The van der Waals surface area contributed by atoms with Crippen LogP contribution in [0.5, 0.6) is 11.6 Å². The van der Waals surface area contributed by atoms with Crippen molar-refractivity contribution in [2.75, 3.05) is 4.72 Å². The van der Waals surface area contributed by atoms with Crippen molar-refractivity contribution in [3.8, 4) is 17.4 Å². The molecule has 1 N–H and O–H groups in total. The van der Waals surface area contributed by atoms with E-state index in [1.807, 2.05) is 0 Å². The Morgan fingerprint density at radius 2 is 1.87 bits per heavy atom. The van der Waals surface area contributed by atoms with Gasteiger partial charge in [-0.3, -0.25) is 9.29 Å². The lowest BCUT2D eigenvalue weighted by Gasteiger charge is -2.10. The molecular weight excluding hydrogens is 433 g/mol. The van der Waals surface area contributed by atoms with Gasteiger partial charge in [-0.05, 0) is 42.5 Å². The first kappa shape index (κ1) is 19.8. The van der Waals surface area contributed by atoms with Crippen molar-refractivity contribution in [2.45, 2.75) is 4.90 Å². The van der Waals surface area contributed by atoms with Crippen LogP contribution >= 0.6 is 11.6 Å². The van der Waals surface area contributed by atoms with Crippen molar-refractivity contribution >= 4 is 27.3 Å². The molecule has 0 aliphatic rings. The number of aromatic nitrogens is 4. The zero-order valence-electron chi connectivity index (χ0n) is 15.1. The van der Waals surface area contributed by atoms with Crippen LogP contribution < -0.4 is 9.46 Å². The first-order chi connectivity index (χ1) is 14.4. The Morgan fingerprint density at radius 1 is 1.07 bits per heavy atom. The van der Waals surface area contributed by atoms with Gasteiger partial charge in [-0.1, -0.05) is 11.6 Å². The Morgan fingerprint density at radius 3 is 2.57 bits per heavy atom. The number of hydrogen-bond donors (Lipinski definition) is 1. The lowest BCUT2D eigenvalue weighted by Crippen LogP contribution is -2.13. The highest BCUT2D eigenvalue weighted by atomic mass is 35.5. The molecule has 152 valence electrons. The Kier molecular flexibility index (Phi) is 5.34. The summed E-state index contributed by atoms with van der Waals surface area (Å²) in [6.45, 7) is 0. The molecule has 0 aliphatic heterocycles. The summed E-state index contributed by atoms with van der Waals surface area (Å²) in [5.41, 5.74) is 0.296. The fraction of sp³-hybridized carbons (Fsp3) is 0. The van der Waals surface area contributed by atoms with Crippen molar-refractivity contribution in [3.63, 3.8) is 0 Å². The van der Waals surface area contributed by atoms with E-state index in [1.165, 1.54) is 18.5 Å². The lowest BCUT2D eigenvalue weighted by atomic mass is 10.3. The Bertz CT molecular complexity index is 1280. The zero-order chi connectivity index (χ0) is 21.1. The van der Waals surface area contributed by atoms with E-state index in [0.717, 1.165) is 18.2 Å². The third kappa shape index (κ3) is 4.39. The molecule has 8 nitrogen and oxygen atoms in total. The van der Waals surface area contributed by atoms with E-state index in [-0.39, 0.29) is 9.92 Å². The highest BCUT2D eigenvalue weighted by Gasteiger charge is 2.16. The van der Waals surface area contributed by atoms with Gasteiger partial charge in [0, 0.05) is 24.1 Å². The van der Waals surface area contributed by atoms with E-state index < -0.39 is 15.8 Å². The molecule has 2 aromatic heterocycles. The minimum Gasteiger partial charge on any atom is -0.439 e. The molecular formula is C19H13ClFN5O3S. The Labute approximate surface area is 176 Å². The van der Waals surface area contributed by atoms with Crippen molar-refractivity contribution in [1.29, 1.82) is 0 Å². The highest BCUT2D eigenvalue weighted by Crippen LogP contribution is 2.25. The number of rotatable bonds is 6. The summed E-state index contributed by atoms with van der Waals surface area (Å²) in [4.78, 5) is 12.0. The number of ether oxygens (including phenoxy) is 1. The quantitative estimate of drug-likeness (QED) is 0.480. The minimum absolute atomic E-state index is 0.151. The summed E-state index contributed by atoms with van der Waals surface area (Å²) < 4.78 is 48.0. The Hall–Kier alpha value is -3.50. The van der Waals surface area contributed by atoms with Crippen LogP contribution in [0.4, 0.5) is 10.1 Å². The molecule has 0 fully saturated rings. The SMILES string of the molecule is O=S(=O)(Nc1ccc(Oc2cc(-n3ccnc3)ncn2)cc1)c1ccc(F)c(Cl)c1. The maximum atomic E-state index is 13.3. The van der Waals surface area contributed by atoms with Crippen molar-refractivity contribution in [2.24, 2.45) is 0 Å². The van der Waals surface area contributed by atoms with Crippen LogP contribution in [0.15, 0.2) is 78.5 Å². The average molecular weight is 446 g/mol. The van der Waals surface area contributed by atoms with Gasteiger partial charge in [0.05, 0.1) is 9.92 Å². The third-order valence-corrected chi connectivity index (χ3v) is 5.60. The van der Waals surface area contributed by atoms with Crippen LogP contribution in [0.25, 0.3) is 5.82 Å². The molecule has 11 heteroatoms. The van der Waals surface area contributed by atoms with Crippen LogP contribution in [0.2, 0.25) is 5.02 Å². The number of sulfonamides is 1. The molecule has 2 aromatic carbocycles. The average Bonchev–Trinajstić information content (AvgIpc) is 3.26. The molecule has 0 unspecified atom stereocenters. The van der Waals surface area contributed by atoms with Gasteiger partial charge in [0.25, 0.3) is 10.0 Å². The molecule has 0 bridgehead atoms. The maximum absolute atomic E-state index is 13.3. The Balaban J connectivity index is 1.48. The summed E-state index contributed by atoms with van der Waals surface area (Å²) in [6.07, 6.45) is 6.33. The van der Waals surface area contributed by atoms with Crippen molar-refractivity contribution < 1.29 is 17.5 Å². The molecule has 30 heavy (non-hydrogen) atoms. The smallest absolute Gasteiger partial charge is 0.261 e. The second-order valence-corrected chi connectivity index (χ2v) is 8.08. The summed E-state index contributed by atoms with van der Waals surface area (Å²) in [6, 6.07) is 11.0. The fourth-order valence-corrected chi connectivity index (χ4v) is 3.82. The molecule has 0 atom stereocenters. The molecule has 0 spiro atoms. The number of anilines is 1. The van der Waals surface area contributed by atoms with Gasteiger partial charge >= 0.3 is 0 Å². The van der Waals surface area contributed by atoms with Crippen molar-refractivity contribution in [1.82, 2.24) is 19.5 Å². The van der Waals surface area contributed by atoms with Crippen LogP contribution in [0.3, 0.4) is 0 Å². The van der Waals surface area contributed by atoms with Gasteiger partial charge in [0.1, 0.15) is 30.0 Å². The number of nitrogens with zero attached hydrogens (tertiary/aromatic N) is 4. The molecule has 4 rings (SSSR count). The second-order valence-electron chi connectivity index (χ2n) is 5.99. The van der Waals surface area contributed by atoms with E-state index >= 15 is 0 Å². The summed E-state index contributed by atoms with van der Waals surface area (Å²) in [7, 11) is -3.93. The zero-order valence-corrected chi connectivity index (χ0v) is 16.7. The van der Waals surface area contributed by atoms with Gasteiger partial charge in [0.2, 0.25) is 5.88 Å². The number of nitrogens with one attached hydrogen (secondary N) is 1. The lowest BCUT2D eigenvalue weighted by molar-refractivity contribution is 0.461. The van der Waals surface area contributed by atoms with E-state index in [2.05, 4.69) is 19.7 Å². The van der Waals surface area contributed by atoms with Crippen LogP contribution in [-0.4, -0.2) is 27.9 Å². The summed E-state index contributed by atoms with van der Waals surface area (Å²) >= 11 is 5.67. The standard InChI is InChI=1S/C19H13ClFN5O3S/c20-16-9-15(5-6-17(16)21)30(27,28)25-13-1-3-14(4-2-13)29-19-10-18(23-11-24-19)26-8-7-22-12-26/h1-12,25H. The number of halogens is 2. The van der Waals surface area contributed by atoms with Crippen molar-refractivity contribution in [3.05, 3.63) is 84.4 Å².